The van der Waals surface area contributed by atoms with Gasteiger partial charge in [-0.2, -0.15) is 0 Å². The van der Waals surface area contributed by atoms with Gasteiger partial charge in [0.05, 0.1) is 6.10 Å². The monoisotopic (exact) mass is 185 g/mol. The number of hydrogen-bond donors (Lipinski definition) is 2. The van der Waals surface area contributed by atoms with Crippen LogP contribution in [-0.4, -0.2) is 24.9 Å². The van der Waals surface area contributed by atoms with Crippen molar-refractivity contribution in [2.24, 2.45) is 5.73 Å². The highest BCUT2D eigenvalue weighted by molar-refractivity contribution is 5.07. The first-order valence-corrected chi connectivity index (χ1v) is 4.21. The lowest BCUT2D eigenvalue weighted by molar-refractivity contribution is 0.154. The average Bonchev–Trinajstić information content (AvgIpc) is 2.53. The molecule has 74 valence electrons. The first kappa shape index (κ1) is 10.2. The fourth-order valence-electron chi connectivity index (χ4n) is 1.07. The number of furan rings is 1. The maximum Gasteiger partial charge on any atom is 0.129 e. The van der Waals surface area contributed by atoms with Crippen LogP contribution < -0.4 is 5.73 Å². The van der Waals surface area contributed by atoms with Gasteiger partial charge in [-0.3, -0.25) is 0 Å². The molecule has 0 fully saturated rings. The van der Waals surface area contributed by atoms with Gasteiger partial charge in [0.25, 0.3) is 0 Å². The van der Waals surface area contributed by atoms with Crippen molar-refractivity contribution in [3.63, 3.8) is 0 Å². The van der Waals surface area contributed by atoms with Crippen LogP contribution in [0.2, 0.25) is 0 Å². The van der Waals surface area contributed by atoms with Crippen LogP contribution in [0.15, 0.2) is 16.5 Å². The Morgan fingerprint density at radius 2 is 2.23 bits per heavy atom. The first-order valence-electron chi connectivity index (χ1n) is 4.21. The Bertz CT molecular complexity index is 247. The van der Waals surface area contributed by atoms with Gasteiger partial charge in [-0.1, -0.05) is 0 Å². The van der Waals surface area contributed by atoms with Crippen molar-refractivity contribution in [1.82, 2.24) is 0 Å². The highest BCUT2D eigenvalue weighted by atomic mass is 16.5. The Labute approximate surface area is 77.3 Å². The molecule has 0 radical (unpaired) electrons. The Morgan fingerprint density at radius 3 is 2.85 bits per heavy atom. The van der Waals surface area contributed by atoms with E-state index >= 15 is 0 Å². The fraction of sp³-hybridized carbons (Fsp3) is 0.556. The summed E-state index contributed by atoms with van der Waals surface area (Å²) in [6.07, 6.45) is -0.0678. The molecule has 1 unspecified atom stereocenters. The molecule has 1 aromatic rings. The summed E-state index contributed by atoms with van der Waals surface area (Å²) in [4.78, 5) is 0. The van der Waals surface area contributed by atoms with E-state index in [1.54, 1.807) is 7.11 Å². The van der Waals surface area contributed by atoms with E-state index < -0.39 is 6.10 Å². The molecule has 1 atom stereocenters. The Balaban J connectivity index is 2.48. The van der Waals surface area contributed by atoms with Gasteiger partial charge in [-0.15, -0.1) is 0 Å². The summed E-state index contributed by atoms with van der Waals surface area (Å²) >= 11 is 0. The van der Waals surface area contributed by atoms with Crippen molar-refractivity contribution in [3.05, 3.63) is 23.7 Å². The number of nitrogens with two attached hydrogens (primary N) is 1. The third-order valence-electron chi connectivity index (χ3n) is 1.71. The number of methoxy groups -OCH3 is 1. The molecule has 4 nitrogen and oxygen atoms in total. The van der Waals surface area contributed by atoms with Crippen molar-refractivity contribution in [3.8, 4) is 0 Å². The van der Waals surface area contributed by atoms with Crippen LogP contribution >= 0.6 is 0 Å². The molecule has 0 spiro atoms. The van der Waals surface area contributed by atoms with E-state index in [0.29, 0.717) is 13.0 Å². The predicted molar refractivity (Wildman–Crippen MR) is 48.2 cm³/mol. The smallest absolute Gasteiger partial charge is 0.129 e. The van der Waals surface area contributed by atoms with Crippen molar-refractivity contribution in [2.45, 2.75) is 19.1 Å². The van der Waals surface area contributed by atoms with Crippen LogP contribution in [0, 0.1) is 0 Å². The normalized spacial score (nSPS) is 13.2. The second kappa shape index (κ2) is 5.01. The molecule has 3 N–H and O–H groups in total. The van der Waals surface area contributed by atoms with Crippen molar-refractivity contribution in [2.75, 3.05) is 13.7 Å². The minimum Gasteiger partial charge on any atom is -0.464 e. The largest absolute Gasteiger partial charge is 0.464 e. The minimum absolute atomic E-state index is 0.250. The van der Waals surface area contributed by atoms with E-state index in [-0.39, 0.29) is 6.54 Å². The molecule has 1 aromatic heterocycles. The molecule has 0 aliphatic rings. The van der Waals surface area contributed by atoms with Gasteiger partial charge < -0.3 is 20.0 Å². The molecular weight excluding hydrogens is 170 g/mol. The van der Waals surface area contributed by atoms with Crippen molar-refractivity contribution < 1.29 is 14.3 Å². The summed E-state index contributed by atoms with van der Waals surface area (Å²) in [6, 6.07) is 3.66. The van der Waals surface area contributed by atoms with Crippen molar-refractivity contribution >= 4 is 0 Å². The van der Waals surface area contributed by atoms with Crippen LogP contribution in [-0.2, 0) is 17.8 Å². The zero-order chi connectivity index (χ0) is 9.68. The molecule has 4 heteroatoms. The predicted octanol–water partition coefficient (Wildman–Crippen LogP) is 0.288. The molecule has 1 rings (SSSR count). The van der Waals surface area contributed by atoms with Gasteiger partial charge in [0, 0.05) is 20.1 Å². The molecule has 0 bridgehead atoms. The number of rotatable bonds is 5. The summed E-state index contributed by atoms with van der Waals surface area (Å²) in [5, 5.41) is 9.23. The van der Waals surface area contributed by atoms with Crippen LogP contribution in [0.3, 0.4) is 0 Å². The highest BCUT2D eigenvalue weighted by Crippen LogP contribution is 2.10. The molecule has 0 saturated heterocycles. The number of aliphatic hydroxyl groups is 1. The molecule has 0 aliphatic carbocycles. The number of aliphatic hydroxyl groups excluding tert-OH is 1. The standard InChI is InChI=1S/C9H15NO3/c1-12-6-9-3-2-8(13-9)4-7(11)5-10/h2-3,7,11H,4-6,10H2,1H3. The van der Waals surface area contributed by atoms with Crippen LogP contribution in [0.5, 0.6) is 0 Å². The topological polar surface area (TPSA) is 68.6 Å². The summed E-state index contributed by atoms with van der Waals surface area (Å²) < 4.78 is 10.2. The maximum atomic E-state index is 9.23. The highest BCUT2D eigenvalue weighted by Gasteiger charge is 2.07. The Kier molecular flexibility index (Phi) is 3.95. The SMILES string of the molecule is COCc1ccc(CC(O)CN)o1. The lowest BCUT2D eigenvalue weighted by Gasteiger charge is -2.03. The van der Waals surface area contributed by atoms with E-state index in [1.807, 2.05) is 12.1 Å². The lowest BCUT2D eigenvalue weighted by Crippen LogP contribution is -2.21. The van der Waals surface area contributed by atoms with Crippen LogP contribution in [0.1, 0.15) is 11.5 Å². The molecule has 0 aromatic carbocycles. The second-order valence-electron chi connectivity index (χ2n) is 2.89. The molecule has 13 heavy (non-hydrogen) atoms. The summed E-state index contributed by atoms with van der Waals surface area (Å²) in [5.41, 5.74) is 5.27. The third-order valence-corrected chi connectivity index (χ3v) is 1.71. The van der Waals surface area contributed by atoms with Gasteiger partial charge in [-0.05, 0) is 12.1 Å². The van der Waals surface area contributed by atoms with E-state index in [1.165, 1.54) is 0 Å². The first-order chi connectivity index (χ1) is 6.26. The maximum absolute atomic E-state index is 9.23. The van der Waals surface area contributed by atoms with E-state index in [0.717, 1.165) is 11.5 Å². The summed E-state index contributed by atoms with van der Waals surface area (Å²) in [6.45, 7) is 0.707. The molecule has 0 saturated carbocycles. The zero-order valence-corrected chi connectivity index (χ0v) is 7.69. The number of hydrogen-bond acceptors (Lipinski definition) is 4. The second-order valence-corrected chi connectivity index (χ2v) is 2.89. The third kappa shape index (κ3) is 3.18. The molecule has 0 amide bonds. The van der Waals surface area contributed by atoms with E-state index in [4.69, 9.17) is 14.9 Å². The quantitative estimate of drug-likeness (QED) is 0.691. The number of ether oxygens (including phenoxy) is 1. The van der Waals surface area contributed by atoms with Gasteiger partial charge >= 0.3 is 0 Å². The van der Waals surface area contributed by atoms with Gasteiger partial charge in [-0.25, -0.2) is 0 Å². The van der Waals surface area contributed by atoms with Crippen LogP contribution in [0.4, 0.5) is 0 Å². The van der Waals surface area contributed by atoms with E-state index in [9.17, 15) is 5.11 Å². The van der Waals surface area contributed by atoms with E-state index in [2.05, 4.69) is 0 Å². The summed E-state index contributed by atoms with van der Waals surface area (Å²) in [5.74, 6) is 1.51. The van der Waals surface area contributed by atoms with Gasteiger partial charge in [0.2, 0.25) is 0 Å². The fourth-order valence-corrected chi connectivity index (χ4v) is 1.07. The minimum atomic E-state index is -0.526. The lowest BCUT2D eigenvalue weighted by atomic mass is 10.2. The molecule has 1 heterocycles. The van der Waals surface area contributed by atoms with Crippen LogP contribution in [0.25, 0.3) is 0 Å². The Hall–Kier alpha value is -0.840. The average molecular weight is 185 g/mol. The van der Waals surface area contributed by atoms with Crippen molar-refractivity contribution in [1.29, 1.82) is 0 Å². The Morgan fingerprint density at radius 1 is 1.54 bits per heavy atom. The van der Waals surface area contributed by atoms with Gasteiger partial charge in [0.15, 0.2) is 0 Å². The summed E-state index contributed by atoms with van der Waals surface area (Å²) in [7, 11) is 1.61. The molecule has 0 aliphatic heterocycles. The van der Waals surface area contributed by atoms with Gasteiger partial charge in [0.1, 0.15) is 18.1 Å². The molecular formula is C9H15NO3. The zero-order valence-electron chi connectivity index (χ0n) is 7.69.